The summed E-state index contributed by atoms with van der Waals surface area (Å²) in [6, 6.07) is 14.8. The minimum absolute atomic E-state index is 0.132. The van der Waals surface area contributed by atoms with Crippen LogP contribution in [-0.4, -0.2) is 52.2 Å². The Morgan fingerprint density at radius 2 is 1.82 bits per heavy atom. The lowest BCUT2D eigenvalue weighted by Gasteiger charge is -2.15. The number of carbonyl (C=O) groups excluding carboxylic acids is 1. The molecule has 0 spiro atoms. The Hall–Kier alpha value is -2.69. The van der Waals surface area contributed by atoms with Crippen molar-refractivity contribution in [1.82, 2.24) is 24.4 Å². The van der Waals surface area contributed by atoms with Gasteiger partial charge in [-0.1, -0.05) is 49.0 Å². The van der Waals surface area contributed by atoms with Crippen molar-refractivity contribution in [2.45, 2.75) is 42.8 Å². The average molecular weight is 486 g/mol. The van der Waals surface area contributed by atoms with Gasteiger partial charge in [0.1, 0.15) is 6.33 Å². The quantitative estimate of drug-likeness (QED) is 0.468. The normalized spacial score (nSPS) is 14.5. The molecule has 0 radical (unpaired) electrons. The fourth-order valence-corrected chi connectivity index (χ4v) is 6.04. The molecule has 1 N–H and O–H groups in total. The molecule has 1 amide bonds. The van der Waals surface area contributed by atoms with Crippen LogP contribution < -0.4 is 5.32 Å². The lowest BCUT2D eigenvalue weighted by atomic mass is 10.1. The summed E-state index contributed by atoms with van der Waals surface area (Å²) >= 11 is 1.32. The van der Waals surface area contributed by atoms with Gasteiger partial charge >= 0.3 is 0 Å². The number of rotatable bonds is 9. The van der Waals surface area contributed by atoms with Gasteiger partial charge in [0.15, 0.2) is 5.16 Å². The summed E-state index contributed by atoms with van der Waals surface area (Å²) in [5.41, 5.74) is 3.03. The standard InChI is InChI=1S/C23H27N5O3S2/c1-2-19-7-3-4-8-21(19)28-17-25-26-23(28)32-16-22(29)24-15-18-9-11-20(12-10-18)33(30,31)27-13-5-6-14-27/h3-4,7-12,17H,2,5-6,13-16H2,1H3,(H,24,29). The van der Waals surface area contributed by atoms with Gasteiger partial charge in [-0.2, -0.15) is 4.31 Å². The number of hydrogen-bond donors (Lipinski definition) is 1. The predicted molar refractivity (Wildman–Crippen MR) is 128 cm³/mol. The average Bonchev–Trinajstić information content (AvgIpc) is 3.54. The Morgan fingerprint density at radius 1 is 1.09 bits per heavy atom. The second-order valence-electron chi connectivity index (χ2n) is 7.79. The van der Waals surface area contributed by atoms with Gasteiger partial charge in [0, 0.05) is 19.6 Å². The van der Waals surface area contributed by atoms with Gasteiger partial charge < -0.3 is 5.32 Å². The molecule has 10 heteroatoms. The van der Waals surface area contributed by atoms with Crippen molar-refractivity contribution in [2.75, 3.05) is 18.8 Å². The molecule has 1 saturated heterocycles. The van der Waals surface area contributed by atoms with Crippen LogP contribution in [0.1, 0.15) is 30.9 Å². The maximum absolute atomic E-state index is 12.6. The zero-order valence-corrected chi connectivity index (χ0v) is 20.1. The number of carbonyl (C=O) groups is 1. The molecule has 1 aliphatic rings. The number of aromatic nitrogens is 3. The van der Waals surface area contributed by atoms with Crippen LogP contribution in [0.15, 0.2) is 64.9 Å². The van der Waals surface area contributed by atoms with Gasteiger partial charge in [-0.25, -0.2) is 8.42 Å². The molecular weight excluding hydrogens is 458 g/mol. The third kappa shape index (κ3) is 5.45. The summed E-state index contributed by atoms with van der Waals surface area (Å²) in [5, 5.41) is 11.7. The van der Waals surface area contributed by atoms with E-state index in [0.29, 0.717) is 29.7 Å². The van der Waals surface area contributed by atoms with Crippen LogP contribution in [0, 0.1) is 0 Å². The number of benzene rings is 2. The topological polar surface area (TPSA) is 97.2 Å². The van der Waals surface area contributed by atoms with E-state index in [-0.39, 0.29) is 11.7 Å². The van der Waals surface area contributed by atoms with Crippen LogP contribution in [0.25, 0.3) is 5.69 Å². The van der Waals surface area contributed by atoms with E-state index in [1.165, 1.54) is 21.6 Å². The Bertz CT molecular complexity index is 1200. The van der Waals surface area contributed by atoms with Crippen molar-refractivity contribution in [1.29, 1.82) is 0 Å². The number of nitrogens with one attached hydrogen (secondary N) is 1. The Morgan fingerprint density at radius 3 is 2.55 bits per heavy atom. The number of amides is 1. The molecule has 8 nitrogen and oxygen atoms in total. The predicted octanol–water partition coefficient (Wildman–Crippen LogP) is 3.02. The molecule has 0 atom stereocenters. The molecule has 1 aromatic heterocycles. The molecule has 4 rings (SSSR count). The Kier molecular flexibility index (Phi) is 7.46. The molecule has 3 aromatic rings. The number of nitrogens with zero attached hydrogens (tertiary/aromatic N) is 4. The maximum atomic E-state index is 12.6. The molecule has 0 bridgehead atoms. The highest BCUT2D eigenvalue weighted by molar-refractivity contribution is 7.99. The minimum atomic E-state index is -3.43. The first kappa shape index (κ1) is 23.5. The number of aryl methyl sites for hydroxylation is 1. The Labute approximate surface area is 198 Å². The van der Waals surface area contributed by atoms with Crippen molar-refractivity contribution in [3.8, 4) is 5.69 Å². The molecule has 0 unspecified atom stereocenters. The van der Waals surface area contributed by atoms with E-state index in [9.17, 15) is 13.2 Å². The maximum Gasteiger partial charge on any atom is 0.243 e. The fraction of sp³-hybridized carbons (Fsp3) is 0.348. The lowest BCUT2D eigenvalue weighted by molar-refractivity contribution is -0.118. The summed E-state index contributed by atoms with van der Waals surface area (Å²) < 4.78 is 28.7. The zero-order valence-electron chi connectivity index (χ0n) is 18.5. The summed E-state index contributed by atoms with van der Waals surface area (Å²) in [7, 11) is -3.43. The molecular formula is C23H27N5O3S2. The summed E-state index contributed by atoms with van der Waals surface area (Å²) in [6.45, 7) is 3.58. The molecule has 0 aliphatic carbocycles. The SMILES string of the molecule is CCc1ccccc1-n1cnnc1SCC(=O)NCc1ccc(S(=O)(=O)N2CCCC2)cc1. The summed E-state index contributed by atoms with van der Waals surface area (Å²) in [6.07, 6.45) is 4.36. The molecule has 1 aliphatic heterocycles. The molecule has 2 heterocycles. The third-order valence-electron chi connectivity index (χ3n) is 5.60. The van der Waals surface area contributed by atoms with Crippen LogP contribution in [0.5, 0.6) is 0 Å². The van der Waals surface area contributed by atoms with Crippen molar-refractivity contribution in [2.24, 2.45) is 0 Å². The van der Waals surface area contributed by atoms with Crippen molar-refractivity contribution in [3.63, 3.8) is 0 Å². The molecule has 33 heavy (non-hydrogen) atoms. The monoisotopic (exact) mass is 485 g/mol. The summed E-state index contributed by atoms with van der Waals surface area (Å²) in [5.74, 6) is 0.0705. The second kappa shape index (κ2) is 10.5. The van der Waals surface area contributed by atoms with E-state index in [2.05, 4.69) is 28.5 Å². The van der Waals surface area contributed by atoms with Crippen molar-refractivity contribution < 1.29 is 13.2 Å². The van der Waals surface area contributed by atoms with Gasteiger partial charge in [-0.3, -0.25) is 9.36 Å². The highest BCUT2D eigenvalue weighted by Gasteiger charge is 2.26. The van der Waals surface area contributed by atoms with E-state index in [0.717, 1.165) is 30.5 Å². The number of para-hydroxylation sites is 1. The van der Waals surface area contributed by atoms with Crippen molar-refractivity contribution >= 4 is 27.7 Å². The van der Waals surface area contributed by atoms with E-state index in [4.69, 9.17) is 0 Å². The van der Waals surface area contributed by atoms with E-state index >= 15 is 0 Å². The van der Waals surface area contributed by atoms with Crippen LogP contribution in [0.3, 0.4) is 0 Å². The van der Waals surface area contributed by atoms with Gasteiger partial charge in [-0.05, 0) is 48.6 Å². The van der Waals surface area contributed by atoms with Gasteiger partial charge in [0.2, 0.25) is 15.9 Å². The summed E-state index contributed by atoms with van der Waals surface area (Å²) in [4.78, 5) is 12.7. The number of thioether (sulfide) groups is 1. The first-order valence-electron chi connectivity index (χ1n) is 11.0. The first-order chi connectivity index (χ1) is 16.0. The first-order valence-corrected chi connectivity index (χ1v) is 13.4. The van der Waals surface area contributed by atoms with E-state index in [1.807, 2.05) is 22.8 Å². The van der Waals surface area contributed by atoms with Gasteiger partial charge in [0.25, 0.3) is 0 Å². The minimum Gasteiger partial charge on any atom is -0.351 e. The van der Waals surface area contributed by atoms with E-state index < -0.39 is 10.0 Å². The largest absolute Gasteiger partial charge is 0.351 e. The van der Waals surface area contributed by atoms with E-state index in [1.54, 1.807) is 30.6 Å². The molecule has 1 fully saturated rings. The molecule has 2 aromatic carbocycles. The number of hydrogen-bond acceptors (Lipinski definition) is 6. The van der Waals surface area contributed by atoms with Crippen LogP contribution in [-0.2, 0) is 27.8 Å². The zero-order chi connectivity index (χ0) is 23.3. The lowest BCUT2D eigenvalue weighted by Crippen LogP contribution is -2.28. The van der Waals surface area contributed by atoms with Crippen LogP contribution in [0.4, 0.5) is 0 Å². The highest BCUT2D eigenvalue weighted by atomic mass is 32.2. The number of sulfonamides is 1. The highest BCUT2D eigenvalue weighted by Crippen LogP contribution is 2.23. The Balaban J connectivity index is 1.31. The third-order valence-corrected chi connectivity index (χ3v) is 8.45. The molecule has 0 saturated carbocycles. The van der Waals surface area contributed by atoms with Crippen LogP contribution in [0.2, 0.25) is 0 Å². The van der Waals surface area contributed by atoms with Crippen LogP contribution >= 0.6 is 11.8 Å². The second-order valence-corrected chi connectivity index (χ2v) is 10.7. The molecule has 174 valence electrons. The smallest absolute Gasteiger partial charge is 0.243 e. The fourth-order valence-electron chi connectivity index (χ4n) is 3.77. The van der Waals surface area contributed by atoms with Gasteiger partial charge in [0.05, 0.1) is 16.3 Å². The van der Waals surface area contributed by atoms with Crippen molar-refractivity contribution in [3.05, 3.63) is 66.0 Å². The van der Waals surface area contributed by atoms with Gasteiger partial charge in [-0.15, -0.1) is 10.2 Å².